The average Bonchev–Trinajstić information content (AvgIpc) is 2.30. The van der Waals surface area contributed by atoms with Gasteiger partial charge in [-0.1, -0.05) is 0 Å². The third-order valence-corrected chi connectivity index (χ3v) is 3.06. The lowest BCUT2D eigenvalue weighted by molar-refractivity contribution is 0.272. The Morgan fingerprint density at radius 1 is 1.25 bits per heavy atom. The molecule has 0 amide bonds. The number of anilines is 1. The fourth-order valence-corrected chi connectivity index (χ4v) is 2.17. The molecule has 1 aliphatic heterocycles. The molecule has 1 saturated heterocycles. The monoisotopic (exact) mass is 240 g/mol. The number of hydrogen-bond donors (Lipinski definition) is 0. The van der Waals surface area contributed by atoms with Crippen LogP contribution in [0.1, 0.15) is 5.69 Å². The maximum absolute atomic E-state index is 5.73. The van der Waals surface area contributed by atoms with Crippen molar-refractivity contribution >= 4 is 17.4 Å². The van der Waals surface area contributed by atoms with Crippen molar-refractivity contribution < 1.29 is 0 Å². The van der Waals surface area contributed by atoms with Crippen molar-refractivity contribution in [1.82, 2.24) is 14.9 Å². The summed E-state index contributed by atoms with van der Waals surface area (Å²) in [6, 6.07) is 2.04. The van der Waals surface area contributed by atoms with Crippen molar-refractivity contribution in [2.45, 2.75) is 6.92 Å². The molecule has 0 N–H and O–H groups in total. The fourth-order valence-electron chi connectivity index (χ4n) is 1.93. The van der Waals surface area contributed by atoms with Crippen LogP contribution in [0.4, 0.5) is 5.82 Å². The molecule has 2 heterocycles. The molecular formula is C11H17ClN4. The van der Waals surface area contributed by atoms with E-state index in [0.29, 0.717) is 5.88 Å². The Morgan fingerprint density at radius 2 is 2.00 bits per heavy atom. The molecule has 0 aliphatic carbocycles. The molecule has 4 nitrogen and oxygen atoms in total. The molecule has 0 atom stereocenters. The summed E-state index contributed by atoms with van der Waals surface area (Å²) in [5, 5.41) is 0. The molecule has 1 fully saturated rings. The molecule has 2 rings (SSSR count). The highest BCUT2D eigenvalue weighted by atomic mass is 35.5. The largest absolute Gasteiger partial charge is 0.354 e. The molecule has 5 heteroatoms. The van der Waals surface area contributed by atoms with Crippen molar-refractivity contribution in [2.24, 2.45) is 0 Å². The lowest BCUT2D eigenvalue weighted by atomic mass is 10.3. The van der Waals surface area contributed by atoms with Gasteiger partial charge in [-0.3, -0.25) is 4.90 Å². The lowest BCUT2D eigenvalue weighted by Gasteiger charge is -2.35. The number of aryl methyl sites for hydroxylation is 1. The first-order chi connectivity index (χ1) is 7.79. The fraction of sp³-hybridized carbons (Fsp3) is 0.636. The first kappa shape index (κ1) is 11.6. The topological polar surface area (TPSA) is 32.3 Å². The predicted molar refractivity (Wildman–Crippen MR) is 66.1 cm³/mol. The standard InChI is InChI=1S/C11H17ClN4/c1-10-8-11(14-9-13-10)16-6-4-15(3-2-12)5-7-16/h8-9H,2-7H2,1H3. The van der Waals surface area contributed by atoms with Gasteiger partial charge >= 0.3 is 0 Å². The van der Waals surface area contributed by atoms with Gasteiger partial charge in [0.1, 0.15) is 12.1 Å². The lowest BCUT2D eigenvalue weighted by Crippen LogP contribution is -2.47. The molecule has 1 aromatic heterocycles. The molecule has 0 aromatic carbocycles. The van der Waals surface area contributed by atoms with E-state index < -0.39 is 0 Å². The van der Waals surface area contributed by atoms with Crippen molar-refractivity contribution in [3.63, 3.8) is 0 Å². The van der Waals surface area contributed by atoms with Crippen LogP contribution < -0.4 is 4.90 Å². The first-order valence-corrected chi connectivity index (χ1v) is 6.15. The van der Waals surface area contributed by atoms with Crippen LogP contribution in [0.5, 0.6) is 0 Å². The highest BCUT2D eigenvalue weighted by Crippen LogP contribution is 2.13. The highest BCUT2D eigenvalue weighted by Gasteiger charge is 2.17. The third-order valence-electron chi connectivity index (χ3n) is 2.89. The number of halogens is 1. The molecule has 1 aliphatic rings. The minimum Gasteiger partial charge on any atom is -0.354 e. The Kier molecular flexibility index (Phi) is 3.96. The SMILES string of the molecule is Cc1cc(N2CCN(CCCl)CC2)ncn1. The van der Waals surface area contributed by atoms with Gasteiger partial charge in [0.25, 0.3) is 0 Å². The number of rotatable bonds is 3. The molecule has 1 aromatic rings. The zero-order chi connectivity index (χ0) is 11.4. The van der Waals surface area contributed by atoms with Gasteiger partial charge in [0.05, 0.1) is 0 Å². The Labute approximate surface area is 101 Å². The van der Waals surface area contributed by atoms with E-state index in [1.165, 1.54) is 0 Å². The summed E-state index contributed by atoms with van der Waals surface area (Å²) in [5.74, 6) is 1.75. The Bertz CT molecular complexity index is 337. The molecule has 0 saturated carbocycles. The molecule has 16 heavy (non-hydrogen) atoms. The van der Waals surface area contributed by atoms with Crippen molar-refractivity contribution in [2.75, 3.05) is 43.5 Å². The van der Waals surface area contributed by atoms with Crippen LogP contribution in [0, 0.1) is 6.92 Å². The van der Waals surface area contributed by atoms with E-state index in [-0.39, 0.29) is 0 Å². The molecule has 0 unspecified atom stereocenters. The highest BCUT2D eigenvalue weighted by molar-refractivity contribution is 6.18. The molecule has 0 bridgehead atoms. The van der Waals surface area contributed by atoms with E-state index in [9.17, 15) is 0 Å². The second-order valence-electron chi connectivity index (χ2n) is 4.04. The molecule has 88 valence electrons. The van der Waals surface area contributed by atoms with Crippen LogP contribution in [0.25, 0.3) is 0 Å². The quantitative estimate of drug-likeness (QED) is 0.742. The van der Waals surface area contributed by atoms with Gasteiger partial charge in [0, 0.05) is 50.4 Å². The van der Waals surface area contributed by atoms with Crippen molar-refractivity contribution in [1.29, 1.82) is 0 Å². The van der Waals surface area contributed by atoms with Gasteiger partial charge in [-0.25, -0.2) is 9.97 Å². The number of piperazine rings is 1. The number of nitrogens with zero attached hydrogens (tertiary/aromatic N) is 4. The maximum atomic E-state index is 5.73. The number of aromatic nitrogens is 2. The Morgan fingerprint density at radius 3 is 2.62 bits per heavy atom. The van der Waals surface area contributed by atoms with Crippen LogP contribution >= 0.6 is 11.6 Å². The minimum atomic E-state index is 0.715. The zero-order valence-corrected chi connectivity index (χ0v) is 10.3. The number of hydrogen-bond acceptors (Lipinski definition) is 4. The summed E-state index contributed by atoms with van der Waals surface area (Å²) in [7, 11) is 0. The second kappa shape index (κ2) is 5.46. The van der Waals surface area contributed by atoms with Crippen molar-refractivity contribution in [3.8, 4) is 0 Å². The Hall–Kier alpha value is -0.870. The van der Waals surface area contributed by atoms with E-state index >= 15 is 0 Å². The van der Waals surface area contributed by atoms with Gasteiger partial charge in [0.15, 0.2) is 0 Å². The maximum Gasteiger partial charge on any atom is 0.132 e. The van der Waals surface area contributed by atoms with Crippen LogP contribution in [0.3, 0.4) is 0 Å². The summed E-state index contributed by atoms with van der Waals surface area (Å²) >= 11 is 5.73. The van der Waals surface area contributed by atoms with Gasteiger partial charge in [-0.15, -0.1) is 11.6 Å². The second-order valence-corrected chi connectivity index (χ2v) is 4.41. The van der Waals surface area contributed by atoms with Gasteiger partial charge in [0.2, 0.25) is 0 Å². The Balaban J connectivity index is 1.94. The van der Waals surface area contributed by atoms with Crippen LogP contribution in [0.15, 0.2) is 12.4 Å². The minimum absolute atomic E-state index is 0.715. The summed E-state index contributed by atoms with van der Waals surface area (Å²) in [6.45, 7) is 7.15. The van der Waals surface area contributed by atoms with E-state index in [4.69, 9.17) is 11.6 Å². The van der Waals surface area contributed by atoms with Crippen molar-refractivity contribution in [3.05, 3.63) is 18.1 Å². The van der Waals surface area contributed by atoms with Crippen LogP contribution in [-0.4, -0.2) is 53.5 Å². The zero-order valence-electron chi connectivity index (χ0n) is 9.56. The third kappa shape index (κ3) is 2.83. The van der Waals surface area contributed by atoms with E-state index in [1.807, 2.05) is 13.0 Å². The molecule has 0 spiro atoms. The number of alkyl halides is 1. The van der Waals surface area contributed by atoms with Crippen LogP contribution in [-0.2, 0) is 0 Å². The molecule has 0 radical (unpaired) electrons. The summed E-state index contributed by atoms with van der Waals surface area (Å²) < 4.78 is 0. The smallest absolute Gasteiger partial charge is 0.132 e. The van der Waals surface area contributed by atoms with Gasteiger partial charge < -0.3 is 4.90 Å². The summed E-state index contributed by atoms with van der Waals surface area (Å²) in [5.41, 5.74) is 1.02. The molecular weight excluding hydrogens is 224 g/mol. The summed E-state index contributed by atoms with van der Waals surface area (Å²) in [6.07, 6.45) is 1.63. The van der Waals surface area contributed by atoms with Crippen LogP contribution in [0.2, 0.25) is 0 Å². The van der Waals surface area contributed by atoms with E-state index in [0.717, 1.165) is 44.2 Å². The van der Waals surface area contributed by atoms with E-state index in [1.54, 1.807) is 6.33 Å². The average molecular weight is 241 g/mol. The van der Waals surface area contributed by atoms with Gasteiger partial charge in [-0.2, -0.15) is 0 Å². The predicted octanol–water partition coefficient (Wildman–Crippen LogP) is 1.15. The normalized spacial score (nSPS) is 17.8. The van der Waals surface area contributed by atoms with E-state index in [2.05, 4.69) is 19.8 Å². The summed E-state index contributed by atoms with van der Waals surface area (Å²) in [4.78, 5) is 13.1. The van der Waals surface area contributed by atoms with Gasteiger partial charge in [-0.05, 0) is 6.92 Å². The first-order valence-electron chi connectivity index (χ1n) is 5.61.